The van der Waals surface area contributed by atoms with Crippen LogP contribution in [0.1, 0.15) is 32.8 Å². The summed E-state index contributed by atoms with van der Waals surface area (Å²) < 4.78 is 5.18. The number of benzene rings is 1. The second-order valence-electron chi connectivity index (χ2n) is 6.61. The molecule has 6 nitrogen and oxygen atoms in total. The number of amides is 1. The lowest BCUT2D eigenvalue weighted by Gasteiger charge is -2.20. The summed E-state index contributed by atoms with van der Waals surface area (Å²) in [6.07, 6.45) is 0.950. The molecule has 1 aliphatic heterocycles. The van der Waals surface area contributed by atoms with E-state index in [1.165, 1.54) is 0 Å². The van der Waals surface area contributed by atoms with Gasteiger partial charge in [-0.25, -0.2) is 4.99 Å². The van der Waals surface area contributed by atoms with E-state index >= 15 is 0 Å². The van der Waals surface area contributed by atoms with Gasteiger partial charge in [0, 0.05) is 31.6 Å². The van der Waals surface area contributed by atoms with Gasteiger partial charge in [0.1, 0.15) is 5.75 Å². The molecule has 1 heterocycles. The van der Waals surface area contributed by atoms with E-state index in [2.05, 4.69) is 15.6 Å². The van der Waals surface area contributed by atoms with Crippen molar-refractivity contribution in [1.82, 2.24) is 15.5 Å². The SMILES string of the molecule is CCNC(=NCc1ccc(OC)cc1)NC1CCN(C(=O)C(C)C)C1. The standard InChI is InChI=1S/C19H30N4O2/c1-5-20-19(21-12-15-6-8-17(25-4)9-7-15)22-16-10-11-23(13-16)18(24)14(2)3/h6-9,14,16H,5,10-13H2,1-4H3,(H2,20,21,22). The van der Waals surface area contributed by atoms with Crippen LogP contribution in [0, 0.1) is 5.92 Å². The molecule has 0 saturated carbocycles. The van der Waals surface area contributed by atoms with Gasteiger partial charge in [-0.15, -0.1) is 0 Å². The predicted molar refractivity (Wildman–Crippen MR) is 101 cm³/mol. The fraction of sp³-hybridized carbons (Fsp3) is 0.579. The summed E-state index contributed by atoms with van der Waals surface area (Å²) >= 11 is 0. The third kappa shape index (κ3) is 5.66. The van der Waals surface area contributed by atoms with Crippen molar-refractivity contribution in [3.8, 4) is 5.75 Å². The molecule has 1 saturated heterocycles. The Morgan fingerprint density at radius 2 is 2.08 bits per heavy atom. The fourth-order valence-electron chi connectivity index (χ4n) is 2.86. The number of guanidine groups is 1. The number of carbonyl (C=O) groups excluding carboxylic acids is 1. The number of nitrogens with one attached hydrogen (secondary N) is 2. The Morgan fingerprint density at radius 3 is 2.68 bits per heavy atom. The van der Waals surface area contributed by atoms with E-state index in [1.54, 1.807) is 7.11 Å². The smallest absolute Gasteiger partial charge is 0.225 e. The average molecular weight is 346 g/mol. The molecule has 0 spiro atoms. The Morgan fingerprint density at radius 1 is 1.36 bits per heavy atom. The van der Waals surface area contributed by atoms with Gasteiger partial charge in [-0.2, -0.15) is 0 Å². The lowest BCUT2D eigenvalue weighted by atomic mass is 10.2. The van der Waals surface area contributed by atoms with Crippen molar-refractivity contribution in [2.45, 2.75) is 39.8 Å². The number of likely N-dealkylation sites (tertiary alicyclic amines) is 1. The molecule has 0 aliphatic carbocycles. The van der Waals surface area contributed by atoms with Crippen LogP contribution in [0.25, 0.3) is 0 Å². The molecule has 1 unspecified atom stereocenters. The van der Waals surface area contributed by atoms with Crippen LogP contribution in [0.2, 0.25) is 0 Å². The molecule has 6 heteroatoms. The van der Waals surface area contributed by atoms with Crippen molar-refractivity contribution in [2.75, 3.05) is 26.7 Å². The van der Waals surface area contributed by atoms with Crippen LogP contribution < -0.4 is 15.4 Å². The zero-order valence-corrected chi connectivity index (χ0v) is 15.7. The highest BCUT2D eigenvalue weighted by Gasteiger charge is 2.27. The minimum Gasteiger partial charge on any atom is -0.497 e. The van der Waals surface area contributed by atoms with E-state index in [1.807, 2.05) is 49.9 Å². The molecule has 0 radical (unpaired) electrons. The third-order valence-electron chi connectivity index (χ3n) is 4.26. The van der Waals surface area contributed by atoms with Gasteiger partial charge in [0.05, 0.1) is 13.7 Å². The average Bonchev–Trinajstić information content (AvgIpc) is 3.08. The van der Waals surface area contributed by atoms with Crippen molar-refractivity contribution in [3.63, 3.8) is 0 Å². The van der Waals surface area contributed by atoms with Gasteiger partial charge in [0.25, 0.3) is 0 Å². The molecule has 0 aromatic heterocycles. The van der Waals surface area contributed by atoms with Gasteiger partial charge in [-0.05, 0) is 31.0 Å². The van der Waals surface area contributed by atoms with E-state index in [9.17, 15) is 4.79 Å². The summed E-state index contributed by atoms with van der Waals surface area (Å²) in [6, 6.07) is 8.17. The van der Waals surface area contributed by atoms with Gasteiger partial charge in [-0.3, -0.25) is 4.79 Å². The summed E-state index contributed by atoms with van der Waals surface area (Å²) in [7, 11) is 1.66. The zero-order valence-electron chi connectivity index (χ0n) is 15.7. The van der Waals surface area contributed by atoms with Gasteiger partial charge >= 0.3 is 0 Å². The Kier molecular flexibility index (Phi) is 7.10. The lowest BCUT2D eigenvalue weighted by molar-refractivity contribution is -0.133. The number of ether oxygens (including phenoxy) is 1. The van der Waals surface area contributed by atoms with Gasteiger partial charge in [-0.1, -0.05) is 26.0 Å². The van der Waals surface area contributed by atoms with Crippen LogP contribution in [-0.4, -0.2) is 49.6 Å². The number of rotatable bonds is 6. The molecule has 138 valence electrons. The summed E-state index contributed by atoms with van der Waals surface area (Å²) in [5, 5.41) is 6.73. The highest BCUT2D eigenvalue weighted by atomic mass is 16.5. The van der Waals surface area contributed by atoms with Crippen LogP contribution in [0.4, 0.5) is 0 Å². The number of aliphatic imine (C=N–C) groups is 1. The molecule has 1 aromatic rings. The van der Waals surface area contributed by atoms with E-state index in [-0.39, 0.29) is 17.9 Å². The molecular weight excluding hydrogens is 316 g/mol. The molecule has 1 fully saturated rings. The first kappa shape index (κ1) is 19.1. The van der Waals surface area contributed by atoms with Crippen LogP contribution >= 0.6 is 0 Å². The largest absolute Gasteiger partial charge is 0.497 e. The Balaban J connectivity index is 1.92. The summed E-state index contributed by atoms with van der Waals surface area (Å²) in [4.78, 5) is 18.7. The molecular formula is C19H30N4O2. The van der Waals surface area contributed by atoms with Crippen LogP contribution in [0.3, 0.4) is 0 Å². The van der Waals surface area contributed by atoms with Crippen LogP contribution in [0.15, 0.2) is 29.3 Å². The highest BCUT2D eigenvalue weighted by Crippen LogP contribution is 2.14. The van der Waals surface area contributed by atoms with Gasteiger partial charge in [0.15, 0.2) is 5.96 Å². The number of hydrogen-bond acceptors (Lipinski definition) is 3. The monoisotopic (exact) mass is 346 g/mol. The molecule has 2 rings (SSSR count). The normalized spacial score (nSPS) is 17.7. The minimum atomic E-state index is 0.0516. The molecule has 25 heavy (non-hydrogen) atoms. The van der Waals surface area contributed by atoms with E-state index in [4.69, 9.17) is 4.74 Å². The first-order valence-electron chi connectivity index (χ1n) is 9.00. The lowest BCUT2D eigenvalue weighted by Crippen LogP contribution is -2.45. The second-order valence-corrected chi connectivity index (χ2v) is 6.61. The minimum absolute atomic E-state index is 0.0516. The van der Waals surface area contributed by atoms with Crippen molar-refractivity contribution in [2.24, 2.45) is 10.9 Å². The molecule has 1 amide bonds. The predicted octanol–water partition coefficient (Wildman–Crippen LogP) is 2.01. The fourth-order valence-corrected chi connectivity index (χ4v) is 2.86. The maximum atomic E-state index is 12.1. The Labute approximate surface area is 150 Å². The molecule has 1 atom stereocenters. The number of methoxy groups -OCH3 is 1. The first-order valence-corrected chi connectivity index (χ1v) is 9.00. The Hall–Kier alpha value is -2.24. The number of nitrogens with zero attached hydrogens (tertiary/aromatic N) is 2. The zero-order chi connectivity index (χ0) is 18.2. The van der Waals surface area contributed by atoms with Crippen molar-refractivity contribution < 1.29 is 9.53 Å². The molecule has 0 bridgehead atoms. The summed E-state index contributed by atoms with van der Waals surface area (Å²) in [5.74, 6) is 1.92. The quantitative estimate of drug-likeness (QED) is 0.611. The van der Waals surface area contributed by atoms with Gasteiger partial charge in [0.2, 0.25) is 5.91 Å². The molecule has 2 N–H and O–H groups in total. The van der Waals surface area contributed by atoms with E-state index in [0.29, 0.717) is 6.54 Å². The van der Waals surface area contributed by atoms with Crippen LogP contribution in [-0.2, 0) is 11.3 Å². The summed E-state index contributed by atoms with van der Waals surface area (Å²) in [5.41, 5.74) is 1.13. The van der Waals surface area contributed by atoms with Gasteiger partial charge < -0.3 is 20.3 Å². The summed E-state index contributed by atoms with van der Waals surface area (Å²) in [6.45, 7) is 8.90. The van der Waals surface area contributed by atoms with Crippen LogP contribution in [0.5, 0.6) is 5.75 Å². The highest BCUT2D eigenvalue weighted by molar-refractivity contribution is 5.81. The second kappa shape index (κ2) is 9.30. The topological polar surface area (TPSA) is 66.0 Å². The van der Waals surface area contributed by atoms with E-state index in [0.717, 1.165) is 43.3 Å². The number of hydrogen-bond donors (Lipinski definition) is 2. The maximum Gasteiger partial charge on any atom is 0.225 e. The van der Waals surface area contributed by atoms with Crippen molar-refractivity contribution in [1.29, 1.82) is 0 Å². The maximum absolute atomic E-state index is 12.1. The first-order chi connectivity index (χ1) is 12.0. The molecule has 1 aromatic carbocycles. The third-order valence-corrected chi connectivity index (χ3v) is 4.26. The van der Waals surface area contributed by atoms with Crippen molar-refractivity contribution >= 4 is 11.9 Å². The van der Waals surface area contributed by atoms with Crippen molar-refractivity contribution in [3.05, 3.63) is 29.8 Å². The van der Waals surface area contributed by atoms with E-state index < -0.39 is 0 Å². The molecule has 1 aliphatic rings. The Bertz CT molecular complexity index is 584. The number of carbonyl (C=O) groups is 1.